The van der Waals surface area contributed by atoms with Crippen LogP contribution >= 0.6 is 12.4 Å². The lowest BCUT2D eigenvalue weighted by Gasteiger charge is -2.36. The normalized spacial score (nSPS) is 27.7. The standard InChI is InChI=1S/C13H19N3O2.ClH/c1-13(2,3)18-12(17)16-10-6-9(4-5-14)11(16)8-15-7-10;/h4,10-11,15H,6-8H2,1-3H3;1H/t10-,11-;/m1./s1. The summed E-state index contributed by atoms with van der Waals surface area (Å²) in [5, 5.41) is 12.1. The lowest BCUT2D eigenvalue weighted by molar-refractivity contribution is 0.0114. The first-order chi connectivity index (χ1) is 8.42. The molecular weight excluding hydrogens is 266 g/mol. The maximum atomic E-state index is 12.2. The van der Waals surface area contributed by atoms with Gasteiger partial charge in [-0.25, -0.2) is 4.79 Å². The Hall–Kier alpha value is -1.25. The fourth-order valence-electron chi connectivity index (χ4n) is 2.56. The predicted molar refractivity (Wildman–Crippen MR) is 74.1 cm³/mol. The molecule has 2 aliphatic rings. The molecule has 2 rings (SSSR count). The maximum Gasteiger partial charge on any atom is 0.411 e. The van der Waals surface area contributed by atoms with Gasteiger partial charge < -0.3 is 10.1 Å². The lowest BCUT2D eigenvalue weighted by Crippen LogP contribution is -2.55. The van der Waals surface area contributed by atoms with Crippen LogP contribution in [0, 0.1) is 11.3 Å². The van der Waals surface area contributed by atoms with Gasteiger partial charge in [0.25, 0.3) is 0 Å². The highest BCUT2D eigenvalue weighted by molar-refractivity contribution is 5.85. The Balaban J connectivity index is 0.00000180. The summed E-state index contributed by atoms with van der Waals surface area (Å²) in [6, 6.07) is 2.14. The van der Waals surface area contributed by atoms with E-state index in [1.807, 2.05) is 20.8 Å². The number of rotatable bonds is 0. The van der Waals surface area contributed by atoms with Gasteiger partial charge in [0.05, 0.1) is 18.2 Å². The Morgan fingerprint density at radius 3 is 2.79 bits per heavy atom. The molecule has 0 radical (unpaired) electrons. The Bertz CT molecular complexity index is 423. The molecule has 0 aromatic carbocycles. The van der Waals surface area contributed by atoms with Gasteiger partial charge in [0.2, 0.25) is 0 Å². The van der Waals surface area contributed by atoms with Crippen molar-refractivity contribution < 1.29 is 9.53 Å². The quantitative estimate of drug-likeness (QED) is 0.690. The second-order valence-corrected chi connectivity index (χ2v) is 5.77. The summed E-state index contributed by atoms with van der Waals surface area (Å²) in [6.07, 6.45) is 2.06. The monoisotopic (exact) mass is 285 g/mol. The SMILES string of the molecule is CC(C)(C)OC(=O)N1[C@H]2CNC[C@@H]1C(=CC#N)C2.Cl. The lowest BCUT2D eigenvalue weighted by atomic mass is 10.1. The second-order valence-electron chi connectivity index (χ2n) is 5.77. The Labute approximate surface area is 120 Å². The molecule has 1 amide bonds. The molecule has 2 aliphatic heterocycles. The minimum absolute atomic E-state index is 0. The molecule has 0 saturated carbocycles. The Kier molecular flexibility index (Phi) is 4.83. The average Bonchev–Trinajstić information content (AvgIpc) is 2.45. The first kappa shape index (κ1) is 15.8. The van der Waals surface area contributed by atoms with E-state index in [0.717, 1.165) is 18.5 Å². The van der Waals surface area contributed by atoms with Crippen LogP contribution in [0.1, 0.15) is 27.2 Å². The van der Waals surface area contributed by atoms with E-state index in [4.69, 9.17) is 10.00 Å². The van der Waals surface area contributed by atoms with Crippen molar-refractivity contribution in [2.24, 2.45) is 0 Å². The maximum absolute atomic E-state index is 12.2. The van der Waals surface area contributed by atoms with E-state index in [2.05, 4.69) is 11.4 Å². The highest BCUT2D eigenvalue weighted by atomic mass is 35.5. The molecule has 2 fully saturated rings. The number of nitriles is 1. The molecule has 5 nitrogen and oxygen atoms in total. The molecule has 2 bridgehead atoms. The van der Waals surface area contributed by atoms with Crippen LogP contribution in [0.15, 0.2) is 11.6 Å². The van der Waals surface area contributed by atoms with Gasteiger partial charge in [0.15, 0.2) is 0 Å². The topological polar surface area (TPSA) is 65.4 Å². The summed E-state index contributed by atoms with van der Waals surface area (Å²) < 4.78 is 5.43. The zero-order valence-electron chi connectivity index (χ0n) is 11.5. The van der Waals surface area contributed by atoms with Crippen LogP contribution in [-0.2, 0) is 4.74 Å². The highest BCUT2D eigenvalue weighted by Crippen LogP contribution is 2.32. The van der Waals surface area contributed by atoms with Crippen LogP contribution in [0.2, 0.25) is 0 Å². The fraction of sp³-hybridized carbons (Fsp3) is 0.692. The van der Waals surface area contributed by atoms with E-state index >= 15 is 0 Å². The number of halogens is 1. The number of hydrogen-bond acceptors (Lipinski definition) is 4. The molecule has 0 unspecified atom stereocenters. The molecule has 6 heteroatoms. The Morgan fingerprint density at radius 1 is 1.53 bits per heavy atom. The molecule has 1 N–H and O–H groups in total. The third kappa shape index (κ3) is 3.40. The van der Waals surface area contributed by atoms with E-state index in [0.29, 0.717) is 6.54 Å². The summed E-state index contributed by atoms with van der Waals surface area (Å²) in [5.41, 5.74) is 0.541. The molecular formula is C13H20ClN3O2. The smallest absolute Gasteiger partial charge is 0.411 e. The van der Waals surface area contributed by atoms with Crippen molar-refractivity contribution in [2.45, 2.75) is 44.9 Å². The van der Waals surface area contributed by atoms with Crippen LogP contribution in [-0.4, -0.2) is 41.8 Å². The summed E-state index contributed by atoms with van der Waals surface area (Å²) in [6.45, 7) is 7.05. The minimum Gasteiger partial charge on any atom is -0.444 e. The molecule has 0 spiro atoms. The van der Waals surface area contributed by atoms with Crippen molar-refractivity contribution in [3.8, 4) is 6.07 Å². The zero-order chi connectivity index (χ0) is 13.3. The summed E-state index contributed by atoms with van der Waals surface area (Å²) in [7, 11) is 0. The first-order valence-corrected chi connectivity index (χ1v) is 6.23. The fourth-order valence-corrected chi connectivity index (χ4v) is 2.56. The highest BCUT2D eigenvalue weighted by Gasteiger charge is 2.44. The number of ether oxygens (including phenoxy) is 1. The van der Waals surface area contributed by atoms with Crippen LogP contribution in [0.25, 0.3) is 0 Å². The van der Waals surface area contributed by atoms with E-state index < -0.39 is 5.60 Å². The van der Waals surface area contributed by atoms with Crippen LogP contribution < -0.4 is 5.32 Å². The molecule has 106 valence electrons. The third-order valence-electron chi connectivity index (χ3n) is 3.20. The largest absolute Gasteiger partial charge is 0.444 e. The van der Waals surface area contributed by atoms with Gasteiger partial charge in [-0.05, 0) is 32.8 Å². The summed E-state index contributed by atoms with van der Waals surface area (Å²) in [4.78, 5) is 14.0. The number of carbonyl (C=O) groups excluding carboxylic acids is 1. The van der Waals surface area contributed by atoms with Gasteiger partial charge in [0, 0.05) is 19.2 Å². The van der Waals surface area contributed by atoms with E-state index in [-0.39, 0.29) is 30.6 Å². The first-order valence-electron chi connectivity index (χ1n) is 6.23. The zero-order valence-corrected chi connectivity index (χ0v) is 12.3. The van der Waals surface area contributed by atoms with Crippen molar-refractivity contribution in [3.63, 3.8) is 0 Å². The molecule has 2 heterocycles. The van der Waals surface area contributed by atoms with E-state index in [1.165, 1.54) is 0 Å². The van der Waals surface area contributed by atoms with Crippen LogP contribution in [0.5, 0.6) is 0 Å². The van der Waals surface area contributed by atoms with Crippen molar-refractivity contribution in [3.05, 3.63) is 11.6 Å². The van der Waals surface area contributed by atoms with Gasteiger partial charge in [-0.2, -0.15) is 5.26 Å². The number of nitrogens with zero attached hydrogens (tertiary/aromatic N) is 2. The molecule has 19 heavy (non-hydrogen) atoms. The molecule has 2 saturated heterocycles. The molecule has 0 aromatic heterocycles. The average molecular weight is 286 g/mol. The van der Waals surface area contributed by atoms with Crippen molar-refractivity contribution in [1.82, 2.24) is 10.2 Å². The van der Waals surface area contributed by atoms with Crippen molar-refractivity contribution in [2.75, 3.05) is 13.1 Å². The van der Waals surface area contributed by atoms with E-state index in [9.17, 15) is 4.79 Å². The van der Waals surface area contributed by atoms with Gasteiger partial charge in [-0.1, -0.05) is 0 Å². The van der Waals surface area contributed by atoms with Gasteiger partial charge in [-0.15, -0.1) is 12.4 Å². The number of piperazine rings is 1. The third-order valence-corrected chi connectivity index (χ3v) is 3.20. The molecule has 2 atom stereocenters. The number of allylic oxidation sites excluding steroid dienone is 1. The summed E-state index contributed by atoms with van der Waals surface area (Å²) in [5.74, 6) is 0. The van der Waals surface area contributed by atoms with Gasteiger partial charge in [0.1, 0.15) is 5.60 Å². The number of nitrogens with one attached hydrogen (secondary N) is 1. The summed E-state index contributed by atoms with van der Waals surface area (Å²) >= 11 is 0. The van der Waals surface area contributed by atoms with Crippen LogP contribution in [0.4, 0.5) is 4.79 Å². The predicted octanol–water partition coefficient (Wildman–Crippen LogP) is 1.84. The molecule has 0 aliphatic carbocycles. The second kappa shape index (κ2) is 5.81. The van der Waals surface area contributed by atoms with Crippen molar-refractivity contribution >= 4 is 18.5 Å². The number of hydrogen-bond donors (Lipinski definition) is 1. The van der Waals surface area contributed by atoms with Gasteiger partial charge >= 0.3 is 6.09 Å². The van der Waals surface area contributed by atoms with E-state index in [1.54, 1.807) is 11.0 Å². The Morgan fingerprint density at radius 2 is 2.21 bits per heavy atom. The number of carbonyl (C=O) groups is 1. The minimum atomic E-state index is -0.486. The number of amides is 1. The molecule has 0 aromatic rings. The van der Waals surface area contributed by atoms with Gasteiger partial charge in [-0.3, -0.25) is 4.90 Å². The van der Waals surface area contributed by atoms with Crippen LogP contribution in [0.3, 0.4) is 0 Å². The number of fused-ring (bicyclic) bond motifs is 2. The van der Waals surface area contributed by atoms with Crippen molar-refractivity contribution in [1.29, 1.82) is 5.26 Å².